The zero-order chi connectivity index (χ0) is 15.8. The van der Waals surface area contributed by atoms with Crippen LogP contribution in [0, 0.1) is 0 Å². The van der Waals surface area contributed by atoms with Crippen LogP contribution >= 0.6 is 11.6 Å². The van der Waals surface area contributed by atoms with E-state index in [2.05, 4.69) is 11.9 Å². The van der Waals surface area contributed by atoms with Crippen molar-refractivity contribution in [1.82, 2.24) is 0 Å². The van der Waals surface area contributed by atoms with Crippen molar-refractivity contribution in [3.05, 3.63) is 53.1 Å². The summed E-state index contributed by atoms with van der Waals surface area (Å²) in [5.41, 5.74) is 1.80. The highest BCUT2D eigenvalue weighted by Gasteiger charge is 2.01. The summed E-state index contributed by atoms with van der Waals surface area (Å²) in [6, 6.07) is 13.3. The minimum absolute atomic E-state index is 0.601. The van der Waals surface area contributed by atoms with Gasteiger partial charge >= 0.3 is 0 Å². The first kappa shape index (κ1) is 16.4. The lowest BCUT2D eigenvalue weighted by Crippen LogP contribution is -1.96. The van der Waals surface area contributed by atoms with Gasteiger partial charge in [-0.1, -0.05) is 18.5 Å². The second kappa shape index (κ2) is 8.44. The van der Waals surface area contributed by atoms with Gasteiger partial charge in [-0.15, -0.1) is 0 Å². The second-order valence-electron chi connectivity index (χ2n) is 4.72. The van der Waals surface area contributed by atoms with Gasteiger partial charge in [-0.3, -0.25) is 4.99 Å². The Morgan fingerprint density at radius 1 is 1.05 bits per heavy atom. The third kappa shape index (κ3) is 4.78. The summed E-state index contributed by atoms with van der Waals surface area (Å²) < 4.78 is 11.0. The van der Waals surface area contributed by atoms with E-state index in [9.17, 15) is 0 Å². The van der Waals surface area contributed by atoms with Gasteiger partial charge in [0.05, 0.1) is 23.9 Å². The fourth-order valence-electron chi connectivity index (χ4n) is 1.87. The number of aliphatic imine (C=N–C) groups is 1. The fourth-order valence-corrected chi connectivity index (χ4v) is 2.11. The van der Waals surface area contributed by atoms with Crippen LogP contribution in [0.5, 0.6) is 11.5 Å². The molecule has 0 aliphatic carbocycles. The number of ether oxygens (including phenoxy) is 2. The molecular weight excluding hydrogens is 298 g/mol. The molecule has 3 nitrogen and oxygen atoms in total. The second-order valence-corrected chi connectivity index (χ2v) is 5.13. The van der Waals surface area contributed by atoms with Crippen LogP contribution < -0.4 is 9.47 Å². The van der Waals surface area contributed by atoms with Crippen LogP contribution in [0.4, 0.5) is 5.69 Å². The molecule has 4 heteroatoms. The smallest absolute Gasteiger partial charge is 0.137 e. The Kier molecular flexibility index (Phi) is 6.28. The lowest BCUT2D eigenvalue weighted by atomic mass is 10.2. The molecule has 0 unspecified atom stereocenters. The van der Waals surface area contributed by atoms with Gasteiger partial charge in [0.15, 0.2) is 0 Å². The van der Waals surface area contributed by atoms with Crippen LogP contribution in [0.15, 0.2) is 47.5 Å². The molecule has 0 aliphatic heterocycles. The first-order chi connectivity index (χ1) is 10.7. The van der Waals surface area contributed by atoms with Crippen LogP contribution in [-0.2, 0) is 0 Å². The molecule has 0 heterocycles. The first-order valence-electron chi connectivity index (χ1n) is 7.42. The minimum Gasteiger partial charge on any atom is -0.494 e. The van der Waals surface area contributed by atoms with E-state index < -0.39 is 0 Å². The number of nitrogens with zero attached hydrogens (tertiary/aromatic N) is 1. The van der Waals surface area contributed by atoms with Crippen LogP contribution in [-0.4, -0.2) is 19.4 Å². The Bertz CT molecular complexity index is 623. The topological polar surface area (TPSA) is 30.8 Å². The summed E-state index contributed by atoms with van der Waals surface area (Å²) in [7, 11) is 0. The molecule has 0 saturated carbocycles. The molecule has 0 saturated heterocycles. The van der Waals surface area contributed by atoms with Crippen molar-refractivity contribution in [3.63, 3.8) is 0 Å². The van der Waals surface area contributed by atoms with Crippen molar-refractivity contribution in [3.8, 4) is 11.5 Å². The molecule has 0 atom stereocenters. The molecule has 0 amide bonds. The summed E-state index contributed by atoms with van der Waals surface area (Å²) in [4.78, 5) is 4.43. The Morgan fingerprint density at radius 3 is 2.45 bits per heavy atom. The Hall–Kier alpha value is -2.00. The Morgan fingerprint density at radius 2 is 1.82 bits per heavy atom. The zero-order valence-electron chi connectivity index (χ0n) is 12.9. The molecule has 116 valence electrons. The van der Waals surface area contributed by atoms with Gasteiger partial charge in [0.1, 0.15) is 11.5 Å². The maximum absolute atomic E-state index is 6.20. The van der Waals surface area contributed by atoms with Crippen LogP contribution in [0.2, 0.25) is 5.02 Å². The summed E-state index contributed by atoms with van der Waals surface area (Å²) in [5.74, 6) is 1.56. The molecule has 2 aromatic rings. The minimum atomic E-state index is 0.601. The number of hydrogen-bond donors (Lipinski definition) is 0. The molecule has 0 aromatic heterocycles. The van der Waals surface area contributed by atoms with E-state index in [1.165, 1.54) is 0 Å². The van der Waals surface area contributed by atoms with Crippen molar-refractivity contribution < 1.29 is 9.47 Å². The molecular formula is C18H20ClNO2. The number of hydrogen-bond acceptors (Lipinski definition) is 3. The standard InChI is InChI=1S/C18H20ClNO2/c1-3-11-22-18-10-5-14(12-17(18)19)13-20-15-6-8-16(9-7-15)21-4-2/h5-10,12-13H,3-4,11H2,1-2H3. The van der Waals surface area contributed by atoms with E-state index >= 15 is 0 Å². The maximum Gasteiger partial charge on any atom is 0.137 e. The highest BCUT2D eigenvalue weighted by Crippen LogP contribution is 2.25. The molecule has 0 fully saturated rings. The lowest BCUT2D eigenvalue weighted by Gasteiger charge is -2.07. The third-order valence-corrected chi connectivity index (χ3v) is 3.22. The van der Waals surface area contributed by atoms with Crippen molar-refractivity contribution in [2.75, 3.05) is 13.2 Å². The Labute approximate surface area is 136 Å². The van der Waals surface area contributed by atoms with Crippen LogP contribution in [0.1, 0.15) is 25.8 Å². The van der Waals surface area contributed by atoms with Gasteiger partial charge in [0, 0.05) is 6.21 Å². The normalized spacial score (nSPS) is 10.9. The molecule has 0 spiro atoms. The van der Waals surface area contributed by atoms with Crippen LogP contribution in [0.25, 0.3) is 0 Å². The largest absolute Gasteiger partial charge is 0.494 e. The summed E-state index contributed by atoms with van der Waals surface area (Å²) in [6.07, 6.45) is 2.74. The maximum atomic E-state index is 6.20. The predicted octanol–water partition coefficient (Wildman–Crippen LogP) is 5.28. The fraction of sp³-hybridized carbons (Fsp3) is 0.278. The highest BCUT2D eigenvalue weighted by atomic mass is 35.5. The van der Waals surface area contributed by atoms with E-state index in [1.807, 2.05) is 49.4 Å². The molecule has 0 bridgehead atoms. The average molecular weight is 318 g/mol. The molecule has 0 N–H and O–H groups in total. The van der Waals surface area contributed by atoms with Gasteiger partial charge in [-0.05, 0) is 61.4 Å². The van der Waals surface area contributed by atoms with E-state index in [0.29, 0.717) is 24.0 Å². The molecule has 22 heavy (non-hydrogen) atoms. The predicted molar refractivity (Wildman–Crippen MR) is 92.1 cm³/mol. The number of rotatable bonds is 7. The Balaban J connectivity index is 2.04. The van der Waals surface area contributed by atoms with E-state index in [0.717, 1.165) is 23.4 Å². The van der Waals surface area contributed by atoms with Crippen LogP contribution in [0.3, 0.4) is 0 Å². The molecule has 2 rings (SSSR count). The van der Waals surface area contributed by atoms with Crippen molar-refractivity contribution in [1.29, 1.82) is 0 Å². The van der Waals surface area contributed by atoms with Crippen molar-refractivity contribution >= 4 is 23.5 Å². The summed E-state index contributed by atoms with van der Waals surface area (Å²) in [5, 5.41) is 0.601. The lowest BCUT2D eigenvalue weighted by molar-refractivity contribution is 0.317. The van der Waals surface area contributed by atoms with E-state index in [-0.39, 0.29) is 0 Å². The average Bonchev–Trinajstić information content (AvgIpc) is 2.54. The monoisotopic (exact) mass is 317 g/mol. The molecule has 0 aliphatic rings. The zero-order valence-corrected chi connectivity index (χ0v) is 13.6. The molecule has 0 radical (unpaired) electrons. The van der Waals surface area contributed by atoms with Gasteiger partial charge < -0.3 is 9.47 Å². The van der Waals surface area contributed by atoms with Crippen molar-refractivity contribution in [2.24, 2.45) is 4.99 Å². The SMILES string of the molecule is CCCOc1ccc(C=Nc2ccc(OCC)cc2)cc1Cl. The van der Waals surface area contributed by atoms with Gasteiger partial charge in [-0.25, -0.2) is 0 Å². The van der Waals surface area contributed by atoms with Gasteiger partial charge in [0.25, 0.3) is 0 Å². The summed E-state index contributed by atoms with van der Waals surface area (Å²) >= 11 is 6.20. The first-order valence-corrected chi connectivity index (χ1v) is 7.80. The van der Waals surface area contributed by atoms with E-state index in [4.69, 9.17) is 21.1 Å². The summed E-state index contributed by atoms with van der Waals surface area (Å²) in [6.45, 7) is 5.35. The van der Waals surface area contributed by atoms with E-state index in [1.54, 1.807) is 6.21 Å². The van der Waals surface area contributed by atoms with Gasteiger partial charge in [-0.2, -0.15) is 0 Å². The highest BCUT2D eigenvalue weighted by molar-refractivity contribution is 6.32. The molecule has 2 aromatic carbocycles. The van der Waals surface area contributed by atoms with Gasteiger partial charge in [0.2, 0.25) is 0 Å². The number of halogens is 1. The quantitative estimate of drug-likeness (QED) is 0.651. The third-order valence-electron chi connectivity index (χ3n) is 2.93. The van der Waals surface area contributed by atoms with Crippen molar-refractivity contribution in [2.45, 2.75) is 20.3 Å². The number of benzene rings is 2.